The maximum absolute atomic E-state index is 9.54. The zero-order chi connectivity index (χ0) is 12.4. The lowest BCUT2D eigenvalue weighted by atomic mass is 9.90. The van der Waals surface area contributed by atoms with Gasteiger partial charge in [0.25, 0.3) is 0 Å². The number of aliphatic hydroxyl groups is 1. The van der Waals surface area contributed by atoms with Crippen molar-refractivity contribution >= 4 is 0 Å². The number of ether oxygens (including phenoxy) is 1. The first-order valence-corrected chi connectivity index (χ1v) is 6.45. The molecule has 0 aliphatic rings. The van der Waals surface area contributed by atoms with E-state index in [0.717, 1.165) is 19.6 Å². The van der Waals surface area contributed by atoms with E-state index < -0.39 is 6.23 Å². The van der Waals surface area contributed by atoms with E-state index in [4.69, 9.17) is 4.74 Å². The predicted molar refractivity (Wildman–Crippen MR) is 68.4 cm³/mol. The van der Waals surface area contributed by atoms with Gasteiger partial charge in [0.1, 0.15) is 6.23 Å². The molecule has 1 atom stereocenters. The van der Waals surface area contributed by atoms with Crippen molar-refractivity contribution in [3.8, 4) is 0 Å². The van der Waals surface area contributed by atoms with Crippen molar-refractivity contribution in [1.29, 1.82) is 0 Å². The van der Waals surface area contributed by atoms with Gasteiger partial charge in [0.2, 0.25) is 0 Å². The van der Waals surface area contributed by atoms with E-state index in [2.05, 4.69) is 26.1 Å². The van der Waals surface area contributed by atoms with Gasteiger partial charge in [-0.3, -0.25) is 5.32 Å². The average Bonchev–Trinajstić information content (AvgIpc) is 2.16. The first kappa shape index (κ1) is 15.9. The summed E-state index contributed by atoms with van der Waals surface area (Å²) in [6.45, 7) is 11.0. The molecular weight excluding hydrogens is 202 g/mol. The van der Waals surface area contributed by atoms with Crippen molar-refractivity contribution in [3.05, 3.63) is 0 Å². The second-order valence-corrected chi connectivity index (χ2v) is 5.47. The molecule has 0 saturated carbocycles. The minimum absolute atomic E-state index is 0.416. The molecule has 0 aromatic carbocycles. The van der Waals surface area contributed by atoms with Crippen LogP contribution in [0.25, 0.3) is 0 Å². The smallest absolute Gasteiger partial charge is 0.107 e. The summed E-state index contributed by atoms with van der Waals surface area (Å²) in [7, 11) is 0. The molecule has 1 unspecified atom stereocenters. The number of rotatable bonds is 9. The monoisotopic (exact) mass is 231 g/mol. The van der Waals surface area contributed by atoms with Gasteiger partial charge in [-0.2, -0.15) is 0 Å². The molecule has 3 heteroatoms. The maximum atomic E-state index is 9.54. The van der Waals surface area contributed by atoms with Crippen LogP contribution in [0.2, 0.25) is 0 Å². The fraction of sp³-hybridized carbons (Fsp3) is 1.00. The van der Waals surface area contributed by atoms with Crippen LogP contribution in [-0.2, 0) is 4.74 Å². The Morgan fingerprint density at radius 3 is 2.50 bits per heavy atom. The van der Waals surface area contributed by atoms with Crippen molar-refractivity contribution < 1.29 is 9.84 Å². The zero-order valence-electron chi connectivity index (χ0n) is 11.4. The lowest BCUT2D eigenvalue weighted by Crippen LogP contribution is -2.30. The van der Waals surface area contributed by atoms with Crippen LogP contribution in [0, 0.1) is 5.41 Å². The van der Waals surface area contributed by atoms with Crippen LogP contribution in [0.4, 0.5) is 0 Å². The highest BCUT2D eigenvalue weighted by atomic mass is 16.5. The summed E-state index contributed by atoms with van der Waals surface area (Å²) in [6.07, 6.45) is 3.84. The molecule has 0 aromatic rings. The third-order valence-electron chi connectivity index (χ3n) is 2.47. The summed E-state index contributed by atoms with van der Waals surface area (Å²) in [5.41, 5.74) is 0.424. The summed E-state index contributed by atoms with van der Waals surface area (Å²) in [5, 5.41) is 12.6. The zero-order valence-corrected chi connectivity index (χ0v) is 11.4. The van der Waals surface area contributed by atoms with E-state index in [1.807, 2.05) is 6.92 Å². The van der Waals surface area contributed by atoms with Crippen molar-refractivity contribution in [1.82, 2.24) is 5.32 Å². The Bertz CT molecular complexity index is 155. The molecule has 0 aromatic heterocycles. The second kappa shape index (κ2) is 8.97. The van der Waals surface area contributed by atoms with E-state index in [-0.39, 0.29) is 0 Å². The van der Waals surface area contributed by atoms with E-state index in [1.165, 1.54) is 12.8 Å². The van der Waals surface area contributed by atoms with Gasteiger partial charge in [0, 0.05) is 13.0 Å². The largest absolute Gasteiger partial charge is 0.382 e. The van der Waals surface area contributed by atoms with Crippen molar-refractivity contribution in [2.45, 2.75) is 59.6 Å². The summed E-state index contributed by atoms with van der Waals surface area (Å²) < 4.78 is 5.18. The predicted octanol–water partition coefficient (Wildman–Crippen LogP) is 2.54. The van der Waals surface area contributed by atoms with Gasteiger partial charge in [-0.1, -0.05) is 27.2 Å². The molecular formula is C13H29NO2. The Labute approximate surface area is 101 Å². The maximum Gasteiger partial charge on any atom is 0.107 e. The Balaban J connectivity index is 3.24. The third-order valence-corrected chi connectivity index (χ3v) is 2.47. The van der Waals surface area contributed by atoms with E-state index in [0.29, 0.717) is 18.4 Å². The summed E-state index contributed by atoms with van der Waals surface area (Å²) in [6, 6.07) is 0. The number of hydrogen-bond donors (Lipinski definition) is 2. The van der Waals surface area contributed by atoms with Crippen LogP contribution in [0.5, 0.6) is 0 Å². The molecule has 0 fully saturated rings. The van der Waals surface area contributed by atoms with Crippen molar-refractivity contribution in [2.75, 3.05) is 19.8 Å². The fourth-order valence-electron chi connectivity index (χ4n) is 1.49. The molecule has 0 spiro atoms. The molecule has 0 amide bonds. The van der Waals surface area contributed by atoms with Crippen LogP contribution in [-0.4, -0.2) is 31.1 Å². The Hall–Kier alpha value is -0.120. The molecule has 0 bridgehead atoms. The highest BCUT2D eigenvalue weighted by Gasteiger charge is 2.09. The topological polar surface area (TPSA) is 41.5 Å². The van der Waals surface area contributed by atoms with Gasteiger partial charge >= 0.3 is 0 Å². The van der Waals surface area contributed by atoms with Crippen LogP contribution < -0.4 is 5.32 Å². The molecule has 0 radical (unpaired) electrons. The minimum atomic E-state index is -0.416. The minimum Gasteiger partial charge on any atom is -0.382 e. The number of unbranched alkanes of at least 4 members (excludes halogenated alkanes) is 1. The van der Waals surface area contributed by atoms with E-state index >= 15 is 0 Å². The van der Waals surface area contributed by atoms with Crippen LogP contribution in [0.3, 0.4) is 0 Å². The lowest BCUT2D eigenvalue weighted by molar-refractivity contribution is 0.0704. The summed E-state index contributed by atoms with van der Waals surface area (Å²) in [5.74, 6) is 0. The number of hydrogen-bond acceptors (Lipinski definition) is 3. The second-order valence-electron chi connectivity index (χ2n) is 5.47. The normalized spacial score (nSPS) is 14.1. The lowest BCUT2D eigenvalue weighted by Gasteiger charge is -2.18. The van der Waals surface area contributed by atoms with Crippen LogP contribution in [0.15, 0.2) is 0 Å². The highest BCUT2D eigenvalue weighted by Crippen LogP contribution is 2.21. The molecule has 0 saturated heterocycles. The molecule has 98 valence electrons. The molecule has 3 nitrogen and oxygen atoms in total. The van der Waals surface area contributed by atoms with Gasteiger partial charge in [-0.25, -0.2) is 0 Å². The molecule has 0 aliphatic heterocycles. The molecule has 0 rings (SSSR count). The Morgan fingerprint density at radius 2 is 1.94 bits per heavy atom. The quantitative estimate of drug-likeness (QED) is 0.473. The van der Waals surface area contributed by atoms with Gasteiger partial charge in [-0.15, -0.1) is 0 Å². The van der Waals surface area contributed by atoms with Crippen molar-refractivity contribution in [3.63, 3.8) is 0 Å². The Kier molecular flexibility index (Phi) is 8.90. The van der Waals surface area contributed by atoms with Gasteiger partial charge in [0.05, 0.1) is 6.61 Å². The standard InChI is InChI=1S/C13H29NO2/c1-5-16-11-8-12(15)14-10-7-6-9-13(2,3)4/h12,14-15H,5-11H2,1-4H3. The molecule has 0 heterocycles. The third kappa shape index (κ3) is 12.0. The number of nitrogens with one attached hydrogen (secondary N) is 1. The molecule has 16 heavy (non-hydrogen) atoms. The van der Waals surface area contributed by atoms with Crippen LogP contribution >= 0.6 is 0 Å². The van der Waals surface area contributed by atoms with Crippen molar-refractivity contribution in [2.24, 2.45) is 5.41 Å². The first-order chi connectivity index (χ1) is 7.45. The van der Waals surface area contributed by atoms with Gasteiger partial charge < -0.3 is 9.84 Å². The van der Waals surface area contributed by atoms with Gasteiger partial charge in [0.15, 0.2) is 0 Å². The fourth-order valence-corrected chi connectivity index (χ4v) is 1.49. The summed E-state index contributed by atoms with van der Waals surface area (Å²) in [4.78, 5) is 0. The first-order valence-electron chi connectivity index (χ1n) is 6.45. The SMILES string of the molecule is CCOCCC(O)NCCCCC(C)(C)C. The summed E-state index contributed by atoms with van der Waals surface area (Å²) >= 11 is 0. The Morgan fingerprint density at radius 1 is 1.25 bits per heavy atom. The molecule has 0 aliphatic carbocycles. The van der Waals surface area contributed by atoms with E-state index in [9.17, 15) is 5.11 Å². The molecule has 2 N–H and O–H groups in total. The average molecular weight is 231 g/mol. The van der Waals surface area contributed by atoms with E-state index in [1.54, 1.807) is 0 Å². The number of aliphatic hydroxyl groups excluding tert-OH is 1. The van der Waals surface area contributed by atoms with Gasteiger partial charge in [-0.05, 0) is 31.7 Å². The van der Waals surface area contributed by atoms with Crippen LogP contribution in [0.1, 0.15) is 53.4 Å². The highest BCUT2D eigenvalue weighted by molar-refractivity contribution is 4.62.